The number of nitrogens with zero attached hydrogens (tertiary/aromatic N) is 2. The first-order valence-electron chi connectivity index (χ1n) is 7.78. The smallest absolute Gasteiger partial charge is 0.0900 e. The average molecular weight is 304 g/mol. The zero-order valence-electron chi connectivity index (χ0n) is 12.7. The number of aliphatic hydroxyl groups excluding tert-OH is 2. The van der Waals surface area contributed by atoms with Crippen molar-refractivity contribution in [3.8, 4) is 0 Å². The maximum Gasteiger partial charge on any atom is 0.0900 e. The molecule has 3 aliphatic rings. The van der Waals surface area contributed by atoms with E-state index in [9.17, 15) is 10.2 Å². The Labute approximate surface area is 126 Å². The van der Waals surface area contributed by atoms with Crippen molar-refractivity contribution >= 4 is 0 Å². The summed E-state index contributed by atoms with van der Waals surface area (Å²) in [6.45, 7) is 7.26. The van der Waals surface area contributed by atoms with Crippen molar-refractivity contribution in [1.29, 1.82) is 0 Å². The molecule has 0 radical (unpaired) electrons. The van der Waals surface area contributed by atoms with Crippen molar-refractivity contribution < 1.29 is 24.4 Å². The van der Waals surface area contributed by atoms with Crippen LogP contribution in [0.4, 0.5) is 0 Å². The van der Waals surface area contributed by atoms with Crippen LogP contribution in [0.1, 0.15) is 0 Å². The Kier molecular flexibility index (Phi) is 7.87. The molecule has 21 heavy (non-hydrogen) atoms. The fraction of sp³-hybridized carbons (Fsp3) is 1.00. The molecule has 0 aromatic rings. The van der Waals surface area contributed by atoms with Gasteiger partial charge in [0.15, 0.2) is 0 Å². The summed E-state index contributed by atoms with van der Waals surface area (Å²) in [6, 6.07) is 0. The standard InChI is InChI=1S/C14H28N2O5/c17-13-9-15-1-5-19-7-3-16(4-8-20-6-2-15)10-14(18)12-21-11-13/h13-14,17-18H,1-12H2. The van der Waals surface area contributed by atoms with E-state index < -0.39 is 12.2 Å². The van der Waals surface area contributed by atoms with Crippen LogP contribution in [0.5, 0.6) is 0 Å². The molecule has 0 aromatic heterocycles. The second-order valence-electron chi connectivity index (χ2n) is 5.67. The van der Waals surface area contributed by atoms with Crippen LogP contribution >= 0.6 is 0 Å². The van der Waals surface area contributed by atoms with Crippen LogP contribution in [0, 0.1) is 0 Å². The fourth-order valence-electron chi connectivity index (χ4n) is 2.61. The molecule has 2 unspecified atom stereocenters. The monoisotopic (exact) mass is 304 g/mol. The number of hydrogen-bond acceptors (Lipinski definition) is 7. The molecule has 3 saturated heterocycles. The van der Waals surface area contributed by atoms with Gasteiger partial charge in [-0.15, -0.1) is 0 Å². The minimum Gasteiger partial charge on any atom is -0.389 e. The molecule has 2 bridgehead atoms. The van der Waals surface area contributed by atoms with Crippen LogP contribution in [0.2, 0.25) is 0 Å². The summed E-state index contributed by atoms with van der Waals surface area (Å²) in [5.41, 5.74) is 0. The molecule has 3 rings (SSSR count). The van der Waals surface area contributed by atoms with Crippen LogP contribution in [-0.2, 0) is 14.2 Å². The second-order valence-corrected chi connectivity index (χ2v) is 5.67. The zero-order valence-corrected chi connectivity index (χ0v) is 12.7. The van der Waals surface area contributed by atoms with E-state index in [-0.39, 0.29) is 13.2 Å². The lowest BCUT2D eigenvalue weighted by Crippen LogP contribution is -2.43. The van der Waals surface area contributed by atoms with E-state index in [0.717, 1.165) is 26.2 Å². The third-order valence-electron chi connectivity index (χ3n) is 3.77. The maximum absolute atomic E-state index is 10.0. The lowest BCUT2D eigenvalue weighted by Gasteiger charge is -2.29. The van der Waals surface area contributed by atoms with Crippen molar-refractivity contribution in [3.63, 3.8) is 0 Å². The molecule has 7 heteroatoms. The molecule has 0 amide bonds. The van der Waals surface area contributed by atoms with Gasteiger partial charge < -0.3 is 24.4 Å². The van der Waals surface area contributed by atoms with Gasteiger partial charge in [-0.2, -0.15) is 0 Å². The minimum absolute atomic E-state index is 0.245. The molecule has 0 aliphatic carbocycles. The summed E-state index contributed by atoms with van der Waals surface area (Å²) in [7, 11) is 0. The molecule has 0 spiro atoms. The normalized spacial score (nSPS) is 38.0. The van der Waals surface area contributed by atoms with Gasteiger partial charge in [0.1, 0.15) is 0 Å². The van der Waals surface area contributed by atoms with Crippen LogP contribution in [0.15, 0.2) is 0 Å². The number of hydrogen-bond donors (Lipinski definition) is 2. The predicted molar refractivity (Wildman–Crippen MR) is 77.4 cm³/mol. The van der Waals surface area contributed by atoms with Gasteiger partial charge in [-0.25, -0.2) is 0 Å². The number of fused-ring (bicyclic) bond motifs is 14. The van der Waals surface area contributed by atoms with Gasteiger partial charge in [0.25, 0.3) is 0 Å². The molecule has 124 valence electrons. The summed E-state index contributed by atoms with van der Waals surface area (Å²) < 4.78 is 16.8. The topological polar surface area (TPSA) is 74.6 Å². The van der Waals surface area contributed by atoms with Crippen molar-refractivity contribution in [2.45, 2.75) is 12.2 Å². The van der Waals surface area contributed by atoms with Crippen LogP contribution in [0.25, 0.3) is 0 Å². The van der Waals surface area contributed by atoms with Crippen molar-refractivity contribution in [1.82, 2.24) is 9.80 Å². The molecule has 2 atom stereocenters. The maximum atomic E-state index is 10.0. The van der Waals surface area contributed by atoms with Gasteiger partial charge in [0.05, 0.1) is 51.8 Å². The van der Waals surface area contributed by atoms with Gasteiger partial charge in [-0.1, -0.05) is 0 Å². The Balaban J connectivity index is 1.98. The molecular formula is C14H28N2O5. The van der Waals surface area contributed by atoms with Gasteiger partial charge in [-0.05, 0) is 0 Å². The van der Waals surface area contributed by atoms with E-state index in [0.29, 0.717) is 39.5 Å². The van der Waals surface area contributed by atoms with Crippen molar-refractivity contribution in [2.75, 3.05) is 78.9 Å². The largest absolute Gasteiger partial charge is 0.389 e. The highest BCUT2D eigenvalue weighted by molar-refractivity contribution is 4.69. The molecule has 3 fully saturated rings. The highest BCUT2D eigenvalue weighted by Gasteiger charge is 2.17. The van der Waals surface area contributed by atoms with Crippen molar-refractivity contribution in [3.05, 3.63) is 0 Å². The van der Waals surface area contributed by atoms with Crippen LogP contribution in [-0.4, -0.2) is 111 Å². The molecular weight excluding hydrogens is 276 g/mol. The quantitative estimate of drug-likeness (QED) is 0.558. The van der Waals surface area contributed by atoms with Crippen LogP contribution < -0.4 is 0 Å². The number of ether oxygens (including phenoxy) is 3. The zero-order chi connectivity index (χ0) is 14.9. The van der Waals surface area contributed by atoms with E-state index in [1.54, 1.807) is 0 Å². The third kappa shape index (κ3) is 7.01. The molecule has 3 aliphatic heterocycles. The highest BCUT2D eigenvalue weighted by atomic mass is 16.5. The van der Waals surface area contributed by atoms with Gasteiger partial charge in [-0.3, -0.25) is 9.80 Å². The van der Waals surface area contributed by atoms with Gasteiger partial charge >= 0.3 is 0 Å². The van der Waals surface area contributed by atoms with E-state index >= 15 is 0 Å². The lowest BCUT2D eigenvalue weighted by atomic mass is 10.3. The Bertz CT molecular complexity index is 244. The molecule has 0 aromatic carbocycles. The van der Waals surface area contributed by atoms with Crippen LogP contribution in [0.3, 0.4) is 0 Å². The number of rotatable bonds is 0. The Morgan fingerprint density at radius 2 is 1.00 bits per heavy atom. The summed E-state index contributed by atoms with van der Waals surface area (Å²) >= 11 is 0. The average Bonchev–Trinajstić information content (AvgIpc) is 2.43. The van der Waals surface area contributed by atoms with E-state index in [1.807, 2.05) is 0 Å². The Hall–Kier alpha value is -0.280. The first-order chi connectivity index (χ1) is 10.2. The molecule has 3 heterocycles. The molecule has 7 nitrogen and oxygen atoms in total. The summed E-state index contributed by atoms with van der Waals surface area (Å²) in [5, 5.41) is 20.0. The lowest BCUT2D eigenvalue weighted by molar-refractivity contribution is -0.0441. The first-order valence-corrected chi connectivity index (χ1v) is 7.78. The van der Waals surface area contributed by atoms with Gasteiger partial charge in [0.2, 0.25) is 0 Å². The summed E-state index contributed by atoms with van der Waals surface area (Å²) in [5.74, 6) is 0. The Morgan fingerprint density at radius 3 is 1.38 bits per heavy atom. The van der Waals surface area contributed by atoms with E-state index in [4.69, 9.17) is 14.2 Å². The fourth-order valence-corrected chi connectivity index (χ4v) is 2.61. The Morgan fingerprint density at radius 1 is 0.619 bits per heavy atom. The van der Waals surface area contributed by atoms with Crippen molar-refractivity contribution in [2.24, 2.45) is 0 Å². The second kappa shape index (κ2) is 9.68. The number of aliphatic hydroxyl groups is 2. The first kappa shape index (κ1) is 17.1. The van der Waals surface area contributed by atoms with Gasteiger partial charge in [0, 0.05) is 39.3 Å². The summed E-state index contributed by atoms with van der Waals surface area (Å²) in [6.07, 6.45) is -1.11. The molecule has 0 saturated carbocycles. The third-order valence-corrected chi connectivity index (χ3v) is 3.77. The highest BCUT2D eigenvalue weighted by Crippen LogP contribution is 2.01. The minimum atomic E-state index is -0.556. The SMILES string of the molecule is OC1COCC(O)CN2CCOCCN(CCOCC2)C1. The predicted octanol–water partition coefficient (Wildman–Crippen LogP) is -1.61. The summed E-state index contributed by atoms with van der Waals surface area (Å²) in [4.78, 5) is 4.27. The van der Waals surface area contributed by atoms with E-state index in [1.165, 1.54) is 0 Å². The molecule has 2 N–H and O–H groups in total. The van der Waals surface area contributed by atoms with E-state index in [2.05, 4.69) is 9.80 Å².